The molecule has 2 nitrogen and oxygen atoms in total. The monoisotopic (exact) mass is 234 g/mol. The summed E-state index contributed by atoms with van der Waals surface area (Å²) in [5.41, 5.74) is 1.34. The fraction of sp³-hybridized carbons (Fsp3) is 0.462. The molecule has 1 aromatic rings. The number of benzene rings is 1. The van der Waals surface area contributed by atoms with Gasteiger partial charge < -0.3 is 0 Å². The molecule has 1 aromatic carbocycles. The summed E-state index contributed by atoms with van der Waals surface area (Å²) in [7, 11) is 0. The molecule has 3 heteroatoms. The largest absolute Gasteiger partial charge is 0.291 e. The molecule has 0 bridgehead atoms. The molecule has 0 saturated carbocycles. The normalized spacial score (nSPS) is 18.2. The van der Waals surface area contributed by atoms with Gasteiger partial charge >= 0.3 is 0 Å². The third-order valence-electron chi connectivity index (χ3n) is 3.20. The van der Waals surface area contributed by atoms with Crippen molar-refractivity contribution in [2.75, 3.05) is 19.6 Å². The summed E-state index contributed by atoms with van der Waals surface area (Å²) in [5.74, 6) is 0.605. The van der Waals surface area contributed by atoms with Crippen LogP contribution >= 0.6 is 11.6 Å². The van der Waals surface area contributed by atoms with Gasteiger partial charge in [-0.15, -0.1) is 0 Å². The third kappa shape index (κ3) is 2.75. The van der Waals surface area contributed by atoms with Gasteiger partial charge in [-0.25, -0.2) is 0 Å². The summed E-state index contributed by atoms with van der Waals surface area (Å²) >= 11 is 5.99. The minimum atomic E-state index is 0.558. The molecule has 0 unspecified atom stereocenters. The Balaban J connectivity index is 1.97. The van der Waals surface area contributed by atoms with E-state index in [1.54, 1.807) is 0 Å². The maximum atomic E-state index is 8.63. The molecular formula is C13H15ClN2. The van der Waals surface area contributed by atoms with E-state index in [9.17, 15) is 0 Å². The minimum Gasteiger partial charge on any atom is -0.291 e. The Labute approximate surface area is 101 Å². The Morgan fingerprint density at radius 2 is 2.12 bits per heavy atom. The number of nitriles is 1. The van der Waals surface area contributed by atoms with Gasteiger partial charge in [-0.2, -0.15) is 5.26 Å². The van der Waals surface area contributed by atoms with Gasteiger partial charge in [0.05, 0.1) is 12.6 Å². The molecule has 0 atom stereocenters. The lowest BCUT2D eigenvalue weighted by molar-refractivity contribution is 0.235. The highest BCUT2D eigenvalue weighted by Crippen LogP contribution is 2.29. The molecule has 2 rings (SSSR count). The molecule has 84 valence electrons. The van der Waals surface area contributed by atoms with Gasteiger partial charge in [0, 0.05) is 5.02 Å². The average molecular weight is 235 g/mol. The van der Waals surface area contributed by atoms with E-state index in [-0.39, 0.29) is 0 Å². The molecule has 16 heavy (non-hydrogen) atoms. The smallest absolute Gasteiger partial charge is 0.0865 e. The van der Waals surface area contributed by atoms with E-state index in [4.69, 9.17) is 16.9 Å². The van der Waals surface area contributed by atoms with Crippen molar-refractivity contribution in [1.82, 2.24) is 4.90 Å². The number of hydrogen-bond donors (Lipinski definition) is 0. The summed E-state index contributed by atoms with van der Waals surface area (Å²) in [6, 6.07) is 10.3. The first-order valence-electron chi connectivity index (χ1n) is 5.64. The molecule has 0 N–H and O–H groups in total. The van der Waals surface area contributed by atoms with E-state index in [1.807, 2.05) is 12.1 Å². The maximum Gasteiger partial charge on any atom is 0.0865 e. The van der Waals surface area contributed by atoms with E-state index in [1.165, 1.54) is 5.56 Å². The molecule has 1 aliphatic rings. The zero-order valence-corrected chi connectivity index (χ0v) is 9.95. The average Bonchev–Trinajstić information content (AvgIpc) is 2.30. The number of hydrogen-bond acceptors (Lipinski definition) is 2. The van der Waals surface area contributed by atoms with Crippen molar-refractivity contribution in [3.63, 3.8) is 0 Å². The first kappa shape index (κ1) is 11.4. The molecule has 0 aliphatic carbocycles. The quantitative estimate of drug-likeness (QED) is 0.736. The Hall–Kier alpha value is -1.04. The zero-order chi connectivity index (χ0) is 11.4. The molecule has 1 fully saturated rings. The standard InChI is InChI=1S/C13H15ClN2/c14-13-3-1-2-12(10-13)11-4-7-16(8-5-11)9-6-15/h1-3,10-11H,4-5,7-9H2. The van der Waals surface area contributed by atoms with Gasteiger partial charge in [0.1, 0.15) is 0 Å². The Morgan fingerprint density at radius 3 is 2.75 bits per heavy atom. The highest BCUT2D eigenvalue weighted by Gasteiger charge is 2.20. The van der Waals surface area contributed by atoms with Crippen molar-refractivity contribution in [1.29, 1.82) is 5.26 Å². The van der Waals surface area contributed by atoms with Crippen LogP contribution in [0.25, 0.3) is 0 Å². The topological polar surface area (TPSA) is 27.0 Å². The fourth-order valence-corrected chi connectivity index (χ4v) is 2.48. The molecule has 0 amide bonds. The number of piperidine rings is 1. The van der Waals surface area contributed by atoms with Crippen LogP contribution in [0.3, 0.4) is 0 Å². The van der Waals surface area contributed by atoms with Gasteiger partial charge in [0.15, 0.2) is 0 Å². The number of nitrogens with zero attached hydrogens (tertiary/aromatic N) is 2. The molecule has 0 spiro atoms. The highest BCUT2D eigenvalue weighted by atomic mass is 35.5. The van der Waals surface area contributed by atoms with Gasteiger partial charge in [-0.1, -0.05) is 23.7 Å². The zero-order valence-electron chi connectivity index (χ0n) is 9.19. The molecule has 0 aromatic heterocycles. The van der Waals surface area contributed by atoms with Crippen LogP contribution in [-0.4, -0.2) is 24.5 Å². The molecule has 0 radical (unpaired) electrons. The van der Waals surface area contributed by atoms with Crippen LogP contribution in [0.15, 0.2) is 24.3 Å². The molecule has 1 saturated heterocycles. The van der Waals surface area contributed by atoms with Crippen molar-refractivity contribution in [3.8, 4) is 6.07 Å². The molecular weight excluding hydrogens is 220 g/mol. The fourth-order valence-electron chi connectivity index (χ4n) is 2.28. The summed E-state index contributed by atoms with van der Waals surface area (Å²) in [5, 5.41) is 9.45. The summed E-state index contributed by atoms with van der Waals surface area (Å²) in [6.07, 6.45) is 2.25. The second-order valence-electron chi connectivity index (χ2n) is 4.26. The van der Waals surface area contributed by atoms with Crippen LogP contribution in [0.5, 0.6) is 0 Å². The number of rotatable bonds is 2. The first-order valence-corrected chi connectivity index (χ1v) is 6.02. The second kappa shape index (κ2) is 5.34. The van der Waals surface area contributed by atoms with E-state index < -0.39 is 0 Å². The van der Waals surface area contributed by atoms with Gasteiger partial charge in [-0.05, 0) is 49.5 Å². The van der Waals surface area contributed by atoms with Crippen LogP contribution in [0.4, 0.5) is 0 Å². The van der Waals surface area contributed by atoms with Crippen LogP contribution in [0.1, 0.15) is 24.3 Å². The second-order valence-corrected chi connectivity index (χ2v) is 4.70. The Bertz CT molecular complexity index is 389. The predicted molar refractivity (Wildman–Crippen MR) is 65.5 cm³/mol. The van der Waals surface area contributed by atoms with E-state index in [2.05, 4.69) is 23.1 Å². The predicted octanol–water partition coefficient (Wildman–Crippen LogP) is 3.04. The van der Waals surface area contributed by atoms with Crippen molar-refractivity contribution in [3.05, 3.63) is 34.9 Å². The van der Waals surface area contributed by atoms with Crippen molar-refractivity contribution < 1.29 is 0 Å². The van der Waals surface area contributed by atoms with E-state index in [0.29, 0.717) is 12.5 Å². The summed E-state index contributed by atoms with van der Waals surface area (Å²) in [4.78, 5) is 2.21. The Kier molecular flexibility index (Phi) is 3.82. The molecule has 1 heterocycles. The van der Waals surface area contributed by atoms with Crippen LogP contribution < -0.4 is 0 Å². The highest BCUT2D eigenvalue weighted by molar-refractivity contribution is 6.30. The van der Waals surface area contributed by atoms with E-state index in [0.717, 1.165) is 31.0 Å². The minimum absolute atomic E-state index is 0.558. The van der Waals surface area contributed by atoms with Crippen LogP contribution in [0.2, 0.25) is 5.02 Å². The van der Waals surface area contributed by atoms with Crippen LogP contribution in [0, 0.1) is 11.3 Å². The summed E-state index contributed by atoms with van der Waals surface area (Å²) in [6.45, 7) is 2.59. The summed E-state index contributed by atoms with van der Waals surface area (Å²) < 4.78 is 0. The Morgan fingerprint density at radius 1 is 1.38 bits per heavy atom. The SMILES string of the molecule is N#CCN1CCC(c2cccc(Cl)c2)CC1. The third-order valence-corrected chi connectivity index (χ3v) is 3.44. The van der Waals surface area contributed by atoms with Crippen molar-refractivity contribution in [2.24, 2.45) is 0 Å². The van der Waals surface area contributed by atoms with Gasteiger partial charge in [-0.3, -0.25) is 4.90 Å². The van der Waals surface area contributed by atoms with Gasteiger partial charge in [0.2, 0.25) is 0 Å². The number of likely N-dealkylation sites (tertiary alicyclic amines) is 1. The maximum absolute atomic E-state index is 8.63. The lowest BCUT2D eigenvalue weighted by Gasteiger charge is -2.30. The van der Waals surface area contributed by atoms with Crippen molar-refractivity contribution >= 4 is 11.6 Å². The lowest BCUT2D eigenvalue weighted by atomic mass is 9.89. The first-order chi connectivity index (χ1) is 7.79. The van der Waals surface area contributed by atoms with Crippen molar-refractivity contribution in [2.45, 2.75) is 18.8 Å². The van der Waals surface area contributed by atoms with E-state index >= 15 is 0 Å². The number of halogens is 1. The van der Waals surface area contributed by atoms with Crippen LogP contribution in [-0.2, 0) is 0 Å². The van der Waals surface area contributed by atoms with Gasteiger partial charge in [0.25, 0.3) is 0 Å². The lowest BCUT2D eigenvalue weighted by Crippen LogP contribution is -2.33. The molecule has 1 aliphatic heterocycles.